The number of nitrogens with one attached hydrogen (secondary N) is 2. The first kappa shape index (κ1) is 13.4. The predicted octanol–water partition coefficient (Wildman–Crippen LogP) is -0.274. The minimum absolute atomic E-state index is 0.0433. The van der Waals surface area contributed by atoms with E-state index in [4.69, 9.17) is 4.84 Å². The maximum absolute atomic E-state index is 11.4. The monoisotopic (exact) mass is 211 g/mol. The van der Waals surface area contributed by atoms with Crippen LogP contribution in [0.4, 0.5) is 0 Å². The van der Waals surface area contributed by atoms with E-state index in [1.807, 2.05) is 13.8 Å². The van der Waals surface area contributed by atoms with E-state index in [2.05, 4.69) is 17.1 Å². The van der Waals surface area contributed by atoms with Crippen LogP contribution in [0.5, 0.6) is 0 Å². The van der Waals surface area contributed by atoms with Crippen molar-refractivity contribution < 1.29 is 14.8 Å². The lowest BCUT2D eigenvalue weighted by atomic mass is 10.2. The Morgan fingerprint density at radius 1 is 1.60 bits per heavy atom. The smallest absolute Gasteiger partial charge is 0.234 e. The van der Waals surface area contributed by atoms with Crippen molar-refractivity contribution in [3.63, 3.8) is 0 Å². The molecule has 84 valence electrons. The molecule has 0 saturated heterocycles. The van der Waals surface area contributed by atoms with Crippen molar-refractivity contribution in [1.82, 2.24) is 5.32 Å². The van der Waals surface area contributed by atoms with Crippen molar-refractivity contribution in [3.8, 4) is 0 Å². The molecule has 0 aliphatic rings. The highest BCUT2D eigenvalue weighted by atomic mass is 16.6. The highest BCUT2D eigenvalue weighted by Gasteiger charge is 2.11. The van der Waals surface area contributed by atoms with Gasteiger partial charge < -0.3 is 5.32 Å². The molecule has 0 aromatic rings. The van der Waals surface area contributed by atoms with Gasteiger partial charge in [0.05, 0.1) is 0 Å². The Kier molecular flexibility index (Phi) is 6.97. The molecular weight excluding hydrogens is 192 g/mol. The second-order valence-corrected chi connectivity index (χ2v) is 3.33. The molecule has 0 aromatic carbocycles. The number of rotatable bonds is 6. The number of amides is 1. The largest absolute Gasteiger partial charge is 0.353 e. The minimum Gasteiger partial charge on any atom is -0.353 e. The van der Waals surface area contributed by atoms with Crippen LogP contribution in [-0.2, 0) is 9.63 Å². The number of hydrogen-bond acceptors (Lipinski definition) is 2. The third-order valence-electron chi connectivity index (χ3n) is 1.47. The van der Waals surface area contributed by atoms with Gasteiger partial charge in [0.2, 0.25) is 11.6 Å². The maximum Gasteiger partial charge on any atom is 0.234 e. The Labute approximate surface area is 90.7 Å². The van der Waals surface area contributed by atoms with E-state index >= 15 is 0 Å². The summed E-state index contributed by atoms with van der Waals surface area (Å²) in [5.74, 6) is -0.0433. The fourth-order valence-electron chi connectivity index (χ4n) is 0.990. The highest BCUT2D eigenvalue weighted by Crippen LogP contribution is 1.87. The zero-order valence-electron chi connectivity index (χ0n) is 9.54. The van der Waals surface area contributed by atoms with Crippen LogP contribution in [0.3, 0.4) is 0 Å². The third-order valence-corrected chi connectivity index (χ3v) is 1.47. The Bertz CT molecular complexity index is 268. The molecule has 0 aliphatic heterocycles. The number of carbonyl (C=O) groups excluding carboxylic acids is 1. The SMILES string of the molecule is C=C/C=C\C(CC(=O)NC(C)C)=[NH+]\OC. The maximum atomic E-state index is 11.4. The van der Waals surface area contributed by atoms with Gasteiger partial charge in [-0.15, -0.1) is 0 Å². The van der Waals surface area contributed by atoms with Gasteiger partial charge in [0.15, 0.2) is 0 Å². The first-order valence-electron chi connectivity index (χ1n) is 4.83. The molecule has 2 N–H and O–H groups in total. The van der Waals surface area contributed by atoms with Crippen molar-refractivity contribution in [3.05, 3.63) is 24.8 Å². The Balaban J connectivity index is 4.29. The fraction of sp³-hybridized carbons (Fsp3) is 0.455. The van der Waals surface area contributed by atoms with Crippen molar-refractivity contribution in [2.75, 3.05) is 7.11 Å². The van der Waals surface area contributed by atoms with E-state index < -0.39 is 0 Å². The van der Waals surface area contributed by atoms with Gasteiger partial charge in [-0.05, 0) is 19.0 Å². The first-order valence-corrected chi connectivity index (χ1v) is 4.83. The summed E-state index contributed by atoms with van der Waals surface area (Å²) in [5, 5.41) is 5.44. The van der Waals surface area contributed by atoms with Crippen molar-refractivity contribution in [2.45, 2.75) is 26.3 Å². The van der Waals surface area contributed by atoms with Gasteiger partial charge in [0.1, 0.15) is 13.5 Å². The van der Waals surface area contributed by atoms with E-state index in [9.17, 15) is 4.79 Å². The van der Waals surface area contributed by atoms with Crippen LogP contribution in [-0.4, -0.2) is 24.8 Å². The van der Waals surface area contributed by atoms with Crippen LogP contribution >= 0.6 is 0 Å². The molecule has 0 unspecified atom stereocenters. The summed E-state index contributed by atoms with van der Waals surface area (Å²) >= 11 is 0. The molecule has 0 spiro atoms. The van der Waals surface area contributed by atoms with Gasteiger partial charge >= 0.3 is 0 Å². The van der Waals surface area contributed by atoms with Crippen LogP contribution in [0.2, 0.25) is 0 Å². The quantitative estimate of drug-likeness (QED) is 0.361. The van der Waals surface area contributed by atoms with Crippen LogP contribution in [0.1, 0.15) is 20.3 Å². The summed E-state index contributed by atoms with van der Waals surface area (Å²) in [4.78, 5) is 16.2. The Morgan fingerprint density at radius 3 is 2.73 bits per heavy atom. The number of allylic oxidation sites excluding steroid dienone is 3. The Hall–Kier alpha value is -1.58. The number of hydrogen-bond donors (Lipinski definition) is 2. The van der Waals surface area contributed by atoms with Crippen LogP contribution in [0, 0.1) is 0 Å². The molecule has 0 saturated carbocycles. The van der Waals surface area contributed by atoms with Crippen molar-refractivity contribution >= 4 is 11.6 Å². The molecule has 0 fully saturated rings. The van der Waals surface area contributed by atoms with Crippen LogP contribution < -0.4 is 10.5 Å². The average Bonchev–Trinajstić information content (AvgIpc) is 2.13. The third kappa shape index (κ3) is 7.49. The lowest BCUT2D eigenvalue weighted by molar-refractivity contribution is -0.744. The molecule has 0 rings (SSSR count). The fourth-order valence-corrected chi connectivity index (χ4v) is 0.990. The van der Waals surface area contributed by atoms with Gasteiger partial charge in [0.25, 0.3) is 0 Å². The highest BCUT2D eigenvalue weighted by molar-refractivity contribution is 6.03. The molecule has 15 heavy (non-hydrogen) atoms. The molecule has 0 atom stereocenters. The Morgan fingerprint density at radius 2 is 2.27 bits per heavy atom. The van der Waals surface area contributed by atoms with E-state index in [0.717, 1.165) is 0 Å². The normalized spacial score (nSPS) is 11.9. The molecule has 4 nitrogen and oxygen atoms in total. The second kappa shape index (κ2) is 7.79. The lowest BCUT2D eigenvalue weighted by Crippen LogP contribution is -2.71. The van der Waals surface area contributed by atoms with E-state index in [1.54, 1.807) is 18.2 Å². The molecule has 1 amide bonds. The molecule has 0 bridgehead atoms. The summed E-state index contributed by atoms with van der Waals surface area (Å²) in [7, 11) is 1.50. The summed E-state index contributed by atoms with van der Waals surface area (Å²) in [5.41, 5.74) is 0.690. The van der Waals surface area contributed by atoms with Gasteiger partial charge in [-0.1, -0.05) is 18.7 Å². The second-order valence-electron chi connectivity index (χ2n) is 3.33. The first-order chi connectivity index (χ1) is 7.10. The molecule has 0 heterocycles. The lowest BCUT2D eigenvalue weighted by Gasteiger charge is -2.05. The topological polar surface area (TPSA) is 52.3 Å². The molecular formula is C11H19N2O2+. The zero-order valence-corrected chi connectivity index (χ0v) is 9.54. The zero-order chi connectivity index (χ0) is 11.7. The average molecular weight is 211 g/mol. The van der Waals surface area contributed by atoms with Crippen LogP contribution in [0.25, 0.3) is 0 Å². The number of carbonyl (C=O) groups is 1. The van der Waals surface area contributed by atoms with Gasteiger partial charge in [-0.2, -0.15) is 0 Å². The van der Waals surface area contributed by atoms with Gasteiger partial charge in [0, 0.05) is 12.1 Å². The summed E-state index contributed by atoms with van der Waals surface area (Å²) in [6.07, 6.45) is 5.38. The van der Waals surface area contributed by atoms with Crippen molar-refractivity contribution in [2.24, 2.45) is 0 Å². The summed E-state index contributed by atoms with van der Waals surface area (Å²) < 4.78 is 0. The van der Waals surface area contributed by atoms with E-state index in [0.29, 0.717) is 5.71 Å². The summed E-state index contributed by atoms with van der Waals surface area (Å²) in [6.45, 7) is 7.39. The van der Waals surface area contributed by atoms with E-state index in [-0.39, 0.29) is 18.4 Å². The van der Waals surface area contributed by atoms with Crippen molar-refractivity contribution in [1.29, 1.82) is 0 Å². The van der Waals surface area contributed by atoms with Gasteiger partial charge in [-0.25, -0.2) is 0 Å². The molecule has 4 heteroatoms. The summed E-state index contributed by atoms with van der Waals surface area (Å²) in [6, 6.07) is 0.143. The predicted molar refractivity (Wildman–Crippen MR) is 60.2 cm³/mol. The van der Waals surface area contributed by atoms with Crippen LogP contribution in [0.15, 0.2) is 24.8 Å². The molecule has 0 aromatic heterocycles. The minimum atomic E-state index is -0.0433. The van der Waals surface area contributed by atoms with Gasteiger partial charge in [-0.3, -0.25) is 9.63 Å². The molecule has 0 aliphatic carbocycles. The standard InChI is InChI=1S/C11H18N2O2/c1-5-6-7-10(13-15-4)8-11(14)12-9(2)3/h5-7,9H,1,8H2,2-4H3,(H,12,14)/p+1/b7-6-,13-10-. The molecule has 0 radical (unpaired) electrons. The van der Waals surface area contributed by atoms with E-state index in [1.165, 1.54) is 7.11 Å².